The van der Waals surface area contributed by atoms with Crippen molar-refractivity contribution in [2.45, 2.75) is 45.1 Å². The molecule has 0 aromatic rings. The van der Waals surface area contributed by atoms with Gasteiger partial charge in [-0.2, -0.15) is 0 Å². The van der Waals surface area contributed by atoms with Crippen molar-refractivity contribution in [3.05, 3.63) is 0 Å². The number of rotatable bonds is 9. The third kappa shape index (κ3) is 8.20. The van der Waals surface area contributed by atoms with Gasteiger partial charge in [0.15, 0.2) is 0 Å². The molecule has 5 N–H and O–H groups in total. The second-order valence-corrected chi connectivity index (χ2v) is 3.62. The first kappa shape index (κ1) is 14.2. The van der Waals surface area contributed by atoms with Crippen molar-refractivity contribution < 1.29 is 10.3 Å². The summed E-state index contributed by atoms with van der Waals surface area (Å²) in [6, 6.07) is 0.402. The highest BCUT2D eigenvalue weighted by Gasteiger charge is 2.03. The van der Waals surface area contributed by atoms with E-state index >= 15 is 0 Å². The summed E-state index contributed by atoms with van der Waals surface area (Å²) in [7, 11) is 0. The number of hydrogen-bond acceptors (Lipinski definition) is 4. The van der Waals surface area contributed by atoms with E-state index in [4.69, 9.17) is 16.0 Å². The van der Waals surface area contributed by atoms with Gasteiger partial charge in [-0.3, -0.25) is 0 Å². The molecule has 0 aromatic carbocycles. The van der Waals surface area contributed by atoms with Gasteiger partial charge < -0.3 is 21.4 Å². The molecule has 0 saturated heterocycles. The van der Waals surface area contributed by atoms with E-state index in [1.807, 2.05) is 0 Å². The minimum atomic E-state index is 0.232. The molecule has 5 nitrogen and oxygen atoms in total. The van der Waals surface area contributed by atoms with E-state index in [2.05, 4.69) is 17.4 Å². The van der Waals surface area contributed by atoms with Gasteiger partial charge in [0.1, 0.15) is 5.84 Å². The van der Waals surface area contributed by atoms with Crippen molar-refractivity contribution in [1.82, 2.24) is 5.32 Å². The maximum Gasteiger partial charge on any atom is 0.139 e. The van der Waals surface area contributed by atoms with Crippen LogP contribution in [0.2, 0.25) is 0 Å². The van der Waals surface area contributed by atoms with Gasteiger partial charge in [-0.15, -0.1) is 0 Å². The number of nitrogens with zero attached hydrogens (tertiary/aromatic N) is 1. The second kappa shape index (κ2) is 9.73. The average molecular weight is 217 g/mol. The Labute approximate surface area is 91.4 Å². The zero-order valence-electron chi connectivity index (χ0n) is 9.45. The van der Waals surface area contributed by atoms with Gasteiger partial charge in [-0.1, -0.05) is 12.1 Å². The molecule has 0 aromatic heterocycles. The number of aliphatic hydroxyl groups is 1. The Morgan fingerprint density at radius 2 is 2.20 bits per heavy atom. The highest BCUT2D eigenvalue weighted by Crippen LogP contribution is 1.98. The van der Waals surface area contributed by atoms with Crippen molar-refractivity contribution in [1.29, 1.82) is 0 Å². The SMILES string of the molecule is CCC(CCO)NCCCCC(N)=NO. The Kier molecular flexibility index (Phi) is 9.21. The largest absolute Gasteiger partial charge is 0.409 e. The first-order valence-electron chi connectivity index (χ1n) is 5.55. The Hall–Kier alpha value is -0.810. The average Bonchev–Trinajstić information content (AvgIpc) is 2.26. The molecule has 0 bridgehead atoms. The van der Waals surface area contributed by atoms with E-state index in [1.165, 1.54) is 0 Å². The molecule has 0 aliphatic carbocycles. The van der Waals surface area contributed by atoms with E-state index in [1.54, 1.807) is 0 Å². The number of oxime groups is 1. The summed E-state index contributed by atoms with van der Waals surface area (Å²) in [6.07, 6.45) is 4.38. The number of unbranched alkanes of at least 4 members (excludes halogenated alkanes) is 1. The van der Waals surface area contributed by atoms with Crippen LogP contribution in [0.3, 0.4) is 0 Å². The molecule has 0 saturated carbocycles. The molecular weight excluding hydrogens is 194 g/mol. The zero-order chi connectivity index (χ0) is 11.5. The van der Waals surface area contributed by atoms with Crippen LogP contribution < -0.4 is 11.1 Å². The van der Waals surface area contributed by atoms with E-state index in [0.717, 1.165) is 32.2 Å². The van der Waals surface area contributed by atoms with Crippen molar-refractivity contribution >= 4 is 5.84 Å². The van der Waals surface area contributed by atoms with E-state index in [0.29, 0.717) is 12.5 Å². The summed E-state index contributed by atoms with van der Waals surface area (Å²) < 4.78 is 0. The zero-order valence-corrected chi connectivity index (χ0v) is 9.45. The summed E-state index contributed by atoms with van der Waals surface area (Å²) in [5.74, 6) is 0.289. The van der Waals surface area contributed by atoms with Crippen LogP contribution in [-0.2, 0) is 0 Å². The minimum absolute atomic E-state index is 0.232. The Balaban J connectivity index is 3.36. The highest BCUT2D eigenvalue weighted by molar-refractivity contribution is 5.79. The Morgan fingerprint density at radius 3 is 2.73 bits per heavy atom. The standard InChI is InChI=1S/C10H23N3O2/c1-2-9(6-8-14)12-7-4-3-5-10(11)13-15/h9,12,14-15H,2-8H2,1H3,(H2,11,13). The fraction of sp³-hybridized carbons (Fsp3) is 0.900. The van der Waals surface area contributed by atoms with Crippen LogP contribution in [0.15, 0.2) is 5.16 Å². The number of amidine groups is 1. The maximum absolute atomic E-state index is 8.78. The lowest BCUT2D eigenvalue weighted by atomic mass is 10.1. The molecule has 1 atom stereocenters. The molecule has 0 fully saturated rings. The van der Waals surface area contributed by atoms with Crippen molar-refractivity contribution in [3.8, 4) is 0 Å². The van der Waals surface area contributed by atoms with Gasteiger partial charge in [0.25, 0.3) is 0 Å². The lowest BCUT2D eigenvalue weighted by Crippen LogP contribution is -2.30. The van der Waals surface area contributed by atoms with Gasteiger partial charge in [0.05, 0.1) is 0 Å². The van der Waals surface area contributed by atoms with Crippen LogP contribution in [-0.4, -0.2) is 35.3 Å². The van der Waals surface area contributed by atoms with Crippen LogP contribution in [0.25, 0.3) is 0 Å². The molecule has 5 heteroatoms. The normalized spacial score (nSPS) is 14.1. The Morgan fingerprint density at radius 1 is 1.47 bits per heavy atom. The molecule has 90 valence electrons. The topological polar surface area (TPSA) is 90.9 Å². The Bertz CT molecular complexity index is 174. The van der Waals surface area contributed by atoms with Crippen LogP contribution >= 0.6 is 0 Å². The summed E-state index contributed by atoms with van der Waals surface area (Å²) in [4.78, 5) is 0. The number of nitrogens with one attached hydrogen (secondary N) is 1. The molecule has 0 aliphatic heterocycles. The molecule has 0 radical (unpaired) electrons. The van der Waals surface area contributed by atoms with Crippen LogP contribution in [0.4, 0.5) is 0 Å². The smallest absolute Gasteiger partial charge is 0.139 e. The van der Waals surface area contributed by atoms with Crippen molar-refractivity contribution in [2.75, 3.05) is 13.2 Å². The third-order valence-electron chi connectivity index (χ3n) is 2.39. The van der Waals surface area contributed by atoms with Crippen LogP contribution in [0.1, 0.15) is 39.0 Å². The summed E-state index contributed by atoms with van der Waals surface area (Å²) in [5.41, 5.74) is 5.34. The molecule has 0 heterocycles. The van der Waals surface area contributed by atoms with Crippen molar-refractivity contribution in [3.63, 3.8) is 0 Å². The summed E-state index contributed by atoms with van der Waals surface area (Å²) in [6.45, 7) is 3.25. The molecule has 0 rings (SSSR count). The highest BCUT2D eigenvalue weighted by atomic mass is 16.4. The second-order valence-electron chi connectivity index (χ2n) is 3.62. The molecule has 0 amide bonds. The minimum Gasteiger partial charge on any atom is -0.409 e. The van der Waals surface area contributed by atoms with Gasteiger partial charge >= 0.3 is 0 Å². The van der Waals surface area contributed by atoms with Gasteiger partial charge in [0.2, 0.25) is 0 Å². The third-order valence-corrected chi connectivity index (χ3v) is 2.39. The number of aliphatic hydroxyl groups excluding tert-OH is 1. The first-order chi connectivity index (χ1) is 7.24. The maximum atomic E-state index is 8.78. The van der Waals surface area contributed by atoms with Crippen molar-refractivity contribution in [2.24, 2.45) is 10.9 Å². The quantitative estimate of drug-likeness (QED) is 0.150. The molecular formula is C10H23N3O2. The fourth-order valence-electron chi connectivity index (χ4n) is 1.39. The van der Waals surface area contributed by atoms with Crippen LogP contribution in [0.5, 0.6) is 0 Å². The van der Waals surface area contributed by atoms with E-state index in [-0.39, 0.29) is 12.4 Å². The summed E-state index contributed by atoms with van der Waals surface area (Å²) in [5, 5.41) is 23.3. The molecule has 1 unspecified atom stereocenters. The molecule has 0 aliphatic rings. The number of nitrogens with two attached hydrogens (primary N) is 1. The van der Waals surface area contributed by atoms with E-state index in [9.17, 15) is 0 Å². The van der Waals surface area contributed by atoms with Gasteiger partial charge in [-0.05, 0) is 32.2 Å². The first-order valence-corrected chi connectivity index (χ1v) is 5.55. The monoisotopic (exact) mass is 217 g/mol. The predicted octanol–water partition coefficient (Wildman–Crippen LogP) is 0.654. The number of hydrogen-bond donors (Lipinski definition) is 4. The molecule has 15 heavy (non-hydrogen) atoms. The predicted molar refractivity (Wildman–Crippen MR) is 61.0 cm³/mol. The van der Waals surface area contributed by atoms with Gasteiger partial charge in [0, 0.05) is 19.1 Å². The lowest BCUT2D eigenvalue weighted by Gasteiger charge is -2.15. The van der Waals surface area contributed by atoms with E-state index < -0.39 is 0 Å². The van der Waals surface area contributed by atoms with Gasteiger partial charge in [-0.25, -0.2) is 0 Å². The molecule has 0 spiro atoms. The lowest BCUT2D eigenvalue weighted by molar-refractivity contribution is 0.262. The summed E-state index contributed by atoms with van der Waals surface area (Å²) >= 11 is 0. The fourth-order valence-corrected chi connectivity index (χ4v) is 1.39. The van der Waals surface area contributed by atoms with Crippen LogP contribution in [0, 0.1) is 0 Å².